The van der Waals surface area contributed by atoms with Gasteiger partial charge in [-0.2, -0.15) is 4.39 Å². The van der Waals surface area contributed by atoms with Gasteiger partial charge < -0.3 is 9.64 Å². The summed E-state index contributed by atoms with van der Waals surface area (Å²) in [6, 6.07) is 13.4. The zero-order valence-corrected chi connectivity index (χ0v) is 11.8. The van der Waals surface area contributed by atoms with Gasteiger partial charge in [0.2, 0.25) is 5.95 Å². The van der Waals surface area contributed by atoms with Gasteiger partial charge >= 0.3 is 0 Å². The standard InChI is InChI=1S/C17H17FN2O/c18-15-6-3-7-16(19-15)20-10-11-21-17(12-20)9-8-13-4-1-2-5-14(13)17/h1-7H,8-12H2. The minimum atomic E-state index is -0.431. The topological polar surface area (TPSA) is 25.4 Å². The summed E-state index contributed by atoms with van der Waals surface area (Å²) in [4.78, 5) is 6.14. The fraction of sp³-hybridized carbons (Fsp3) is 0.353. The summed E-state index contributed by atoms with van der Waals surface area (Å²) in [5, 5.41) is 0. The lowest BCUT2D eigenvalue weighted by atomic mass is 9.93. The molecule has 1 aromatic carbocycles. The van der Waals surface area contributed by atoms with Crippen molar-refractivity contribution in [1.82, 2.24) is 4.98 Å². The minimum Gasteiger partial charge on any atom is -0.367 e. The molecule has 1 aromatic heterocycles. The molecule has 4 rings (SSSR count). The van der Waals surface area contributed by atoms with Crippen LogP contribution in [0, 0.1) is 5.95 Å². The van der Waals surface area contributed by atoms with Crippen molar-refractivity contribution in [3.05, 3.63) is 59.5 Å². The van der Waals surface area contributed by atoms with Crippen molar-refractivity contribution in [2.24, 2.45) is 0 Å². The van der Waals surface area contributed by atoms with Gasteiger partial charge in [-0.1, -0.05) is 30.3 Å². The third-order valence-electron chi connectivity index (χ3n) is 4.52. The van der Waals surface area contributed by atoms with Gasteiger partial charge in [0.1, 0.15) is 11.4 Å². The number of hydrogen-bond donors (Lipinski definition) is 0. The molecular formula is C17H17FN2O. The Morgan fingerprint density at radius 3 is 2.95 bits per heavy atom. The SMILES string of the molecule is Fc1cccc(N2CCOC3(CCc4ccccc43)C2)n1. The van der Waals surface area contributed by atoms with E-state index in [1.165, 1.54) is 17.2 Å². The van der Waals surface area contributed by atoms with Crippen LogP contribution in [-0.2, 0) is 16.8 Å². The minimum absolute atomic E-state index is 0.261. The maximum absolute atomic E-state index is 13.4. The molecule has 1 fully saturated rings. The highest BCUT2D eigenvalue weighted by molar-refractivity contribution is 5.44. The number of anilines is 1. The Balaban J connectivity index is 1.68. The fourth-order valence-electron chi connectivity index (χ4n) is 3.52. The third kappa shape index (κ3) is 2.10. The predicted molar refractivity (Wildman–Crippen MR) is 78.8 cm³/mol. The Bertz CT molecular complexity index is 671. The molecule has 0 bridgehead atoms. The van der Waals surface area contributed by atoms with Crippen molar-refractivity contribution in [3.8, 4) is 0 Å². The Hall–Kier alpha value is -1.94. The first-order valence-electron chi connectivity index (χ1n) is 7.37. The van der Waals surface area contributed by atoms with Crippen LogP contribution >= 0.6 is 0 Å². The fourth-order valence-corrected chi connectivity index (χ4v) is 3.52. The van der Waals surface area contributed by atoms with Gasteiger partial charge in [-0.05, 0) is 36.1 Å². The summed E-state index contributed by atoms with van der Waals surface area (Å²) >= 11 is 0. The van der Waals surface area contributed by atoms with Crippen LogP contribution in [-0.4, -0.2) is 24.7 Å². The molecule has 4 heteroatoms. The lowest BCUT2D eigenvalue weighted by Crippen LogP contribution is -2.49. The van der Waals surface area contributed by atoms with Crippen molar-refractivity contribution < 1.29 is 9.13 Å². The van der Waals surface area contributed by atoms with Gasteiger partial charge in [-0.3, -0.25) is 0 Å². The van der Waals surface area contributed by atoms with E-state index in [0.29, 0.717) is 12.4 Å². The highest BCUT2D eigenvalue weighted by Crippen LogP contribution is 2.42. The van der Waals surface area contributed by atoms with E-state index in [9.17, 15) is 4.39 Å². The summed E-state index contributed by atoms with van der Waals surface area (Å²) in [6.45, 7) is 2.13. The van der Waals surface area contributed by atoms with Crippen LogP contribution in [0.25, 0.3) is 0 Å². The Kier molecular flexibility index (Phi) is 2.93. The van der Waals surface area contributed by atoms with E-state index in [1.807, 2.05) is 6.07 Å². The number of pyridine rings is 1. The Morgan fingerprint density at radius 1 is 1.14 bits per heavy atom. The molecule has 21 heavy (non-hydrogen) atoms. The number of rotatable bonds is 1. The molecule has 0 N–H and O–H groups in total. The second-order valence-electron chi connectivity index (χ2n) is 5.74. The highest BCUT2D eigenvalue weighted by Gasteiger charge is 2.43. The first-order chi connectivity index (χ1) is 10.3. The van der Waals surface area contributed by atoms with Crippen LogP contribution in [0.4, 0.5) is 10.2 Å². The summed E-state index contributed by atoms with van der Waals surface area (Å²) in [6.07, 6.45) is 2.03. The average Bonchev–Trinajstić information content (AvgIpc) is 2.86. The number of aryl methyl sites for hydroxylation is 1. The average molecular weight is 284 g/mol. The number of morpholine rings is 1. The molecule has 1 aliphatic heterocycles. The van der Waals surface area contributed by atoms with Crippen LogP contribution in [0.5, 0.6) is 0 Å². The molecule has 2 aromatic rings. The van der Waals surface area contributed by atoms with E-state index in [4.69, 9.17) is 4.74 Å². The van der Waals surface area contributed by atoms with Crippen molar-refractivity contribution in [3.63, 3.8) is 0 Å². The molecule has 1 atom stereocenters. The second kappa shape index (κ2) is 4.81. The van der Waals surface area contributed by atoms with Gasteiger partial charge in [-0.25, -0.2) is 4.98 Å². The zero-order valence-electron chi connectivity index (χ0n) is 11.8. The van der Waals surface area contributed by atoms with Crippen LogP contribution in [0.1, 0.15) is 17.5 Å². The maximum Gasteiger partial charge on any atom is 0.214 e. The first kappa shape index (κ1) is 12.8. The van der Waals surface area contributed by atoms with Crippen molar-refractivity contribution in [2.75, 3.05) is 24.6 Å². The molecule has 1 spiro atoms. The van der Waals surface area contributed by atoms with E-state index < -0.39 is 5.95 Å². The van der Waals surface area contributed by atoms with Gasteiger partial charge in [-0.15, -0.1) is 0 Å². The quantitative estimate of drug-likeness (QED) is 0.753. The molecule has 2 heterocycles. The third-order valence-corrected chi connectivity index (χ3v) is 4.52. The van der Waals surface area contributed by atoms with Crippen LogP contribution in [0.15, 0.2) is 42.5 Å². The first-order valence-corrected chi connectivity index (χ1v) is 7.37. The normalized spacial score (nSPS) is 24.3. The molecule has 108 valence electrons. The van der Waals surface area contributed by atoms with E-state index >= 15 is 0 Å². The van der Waals surface area contributed by atoms with Crippen LogP contribution in [0.2, 0.25) is 0 Å². The molecule has 2 aliphatic rings. The van der Waals surface area contributed by atoms with E-state index in [1.54, 1.807) is 6.07 Å². The molecule has 1 unspecified atom stereocenters. The number of halogens is 1. The van der Waals surface area contributed by atoms with Gasteiger partial charge in [0, 0.05) is 6.54 Å². The number of fused-ring (bicyclic) bond motifs is 2. The molecule has 0 saturated carbocycles. The summed E-state index contributed by atoms with van der Waals surface area (Å²) in [5.41, 5.74) is 2.39. The van der Waals surface area contributed by atoms with E-state index in [-0.39, 0.29) is 5.60 Å². The maximum atomic E-state index is 13.4. The highest BCUT2D eigenvalue weighted by atomic mass is 19.1. The zero-order chi connectivity index (χ0) is 14.3. The van der Waals surface area contributed by atoms with Crippen LogP contribution in [0.3, 0.4) is 0 Å². The van der Waals surface area contributed by atoms with E-state index in [0.717, 1.165) is 25.9 Å². The lowest BCUT2D eigenvalue weighted by molar-refractivity contribution is -0.0594. The molecule has 3 nitrogen and oxygen atoms in total. The smallest absolute Gasteiger partial charge is 0.214 e. The molecule has 0 amide bonds. The molecule has 1 aliphatic carbocycles. The number of aromatic nitrogens is 1. The monoisotopic (exact) mass is 284 g/mol. The Labute approximate surface area is 123 Å². The van der Waals surface area contributed by atoms with Crippen molar-refractivity contribution >= 4 is 5.82 Å². The van der Waals surface area contributed by atoms with Gasteiger partial charge in [0.25, 0.3) is 0 Å². The number of hydrogen-bond acceptors (Lipinski definition) is 3. The van der Waals surface area contributed by atoms with Gasteiger partial charge in [0.15, 0.2) is 0 Å². The summed E-state index contributed by atoms with van der Waals surface area (Å²) in [7, 11) is 0. The van der Waals surface area contributed by atoms with E-state index in [2.05, 4.69) is 34.1 Å². The number of ether oxygens (including phenoxy) is 1. The number of benzene rings is 1. The summed E-state index contributed by atoms with van der Waals surface area (Å²) < 4.78 is 19.5. The summed E-state index contributed by atoms with van der Waals surface area (Å²) in [5.74, 6) is 0.266. The second-order valence-corrected chi connectivity index (χ2v) is 5.74. The number of nitrogens with zero attached hydrogens (tertiary/aromatic N) is 2. The van der Waals surface area contributed by atoms with Gasteiger partial charge in [0.05, 0.1) is 13.2 Å². The van der Waals surface area contributed by atoms with Crippen LogP contribution < -0.4 is 4.90 Å². The van der Waals surface area contributed by atoms with Crippen molar-refractivity contribution in [1.29, 1.82) is 0 Å². The predicted octanol–water partition coefficient (Wildman–Crippen LogP) is 2.90. The van der Waals surface area contributed by atoms with Crippen molar-refractivity contribution in [2.45, 2.75) is 18.4 Å². The largest absolute Gasteiger partial charge is 0.367 e. The molecule has 0 radical (unpaired) electrons. The molecule has 1 saturated heterocycles. The lowest BCUT2D eigenvalue weighted by Gasteiger charge is -2.41. The Morgan fingerprint density at radius 2 is 2.05 bits per heavy atom. The molecular weight excluding hydrogens is 267 g/mol.